The molecule has 12 nitrogen and oxygen atoms in total. The van der Waals surface area contributed by atoms with Crippen LogP contribution in [-0.2, 0) is 30.0 Å². The molecule has 0 unspecified atom stereocenters. The first-order chi connectivity index (χ1) is 23.4. The van der Waals surface area contributed by atoms with Crippen LogP contribution in [0, 0.1) is 23.5 Å². The highest BCUT2D eigenvalue weighted by molar-refractivity contribution is 8.14. The molecule has 0 aromatic heterocycles. The van der Waals surface area contributed by atoms with Gasteiger partial charge in [0.15, 0.2) is 10.3 Å². The third-order valence-corrected chi connectivity index (χ3v) is 10.3. The third-order valence-electron chi connectivity index (χ3n) is 8.21. The van der Waals surface area contributed by atoms with Crippen LogP contribution in [0.15, 0.2) is 46.4 Å². The topological polar surface area (TPSA) is 172 Å². The molecule has 4 aliphatic heterocycles. The second kappa shape index (κ2) is 14.6. The van der Waals surface area contributed by atoms with Gasteiger partial charge in [0.2, 0.25) is 0 Å². The monoisotopic (exact) mass is 734 g/mol. The highest BCUT2D eigenvalue weighted by atomic mass is 32.2. The first kappa shape index (κ1) is 37.7. The number of carbonyl (C=O) groups excluding carboxylic acids is 2. The van der Waals surface area contributed by atoms with E-state index in [1.165, 1.54) is 47.8 Å². The van der Waals surface area contributed by atoms with E-state index in [0.717, 1.165) is 0 Å². The second-order valence-electron chi connectivity index (χ2n) is 14.5. The summed E-state index contributed by atoms with van der Waals surface area (Å²) in [6.07, 6.45) is -1.17. The number of benzene rings is 2. The Labute approximate surface area is 298 Å². The summed E-state index contributed by atoms with van der Waals surface area (Å²) >= 11 is 2.80. The molecule has 2 aromatic rings. The normalized spacial score (nSPS) is 25.9. The number of amides is 2. The van der Waals surface area contributed by atoms with E-state index >= 15 is 0 Å². The van der Waals surface area contributed by atoms with E-state index in [1.807, 2.05) is 0 Å². The zero-order valence-corrected chi connectivity index (χ0v) is 30.6. The molecular weight excluding hydrogens is 691 g/mol. The fourth-order valence-electron chi connectivity index (χ4n) is 6.01. The summed E-state index contributed by atoms with van der Waals surface area (Å²) in [6.45, 7) is 12.2. The van der Waals surface area contributed by atoms with Crippen molar-refractivity contribution in [3.63, 3.8) is 0 Å². The fraction of sp³-hybridized carbons (Fsp3) is 0.529. The molecule has 4 heterocycles. The lowest BCUT2D eigenvalue weighted by atomic mass is 9.81. The maximum Gasteiger partial charge on any atom is 0.413 e. The van der Waals surface area contributed by atoms with Crippen LogP contribution < -0.4 is 22.1 Å². The van der Waals surface area contributed by atoms with Crippen LogP contribution in [0.4, 0.5) is 29.7 Å². The predicted octanol–water partition coefficient (Wildman–Crippen LogP) is 5.75. The van der Waals surface area contributed by atoms with Crippen molar-refractivity contribution in [2.24, 2.45) is 21.8 Å². The third kappa shape index (κ3) is 8.64. The van der Waals surface area contributed by atoms with E-state index in [-0.39, 0.29) is 36.7 Å². The summed E-state index contributed by atoms with van der Waals surface area (Å²) < 4.78 is 50.7. The Kier molecular flexibility index (Phi) is 11.0. The highest BCUT2D eigenvalue weighted by Crippen LogP contribution is 2.47. The number of alkyl carbamates (subject to hydrolysis) is 2. The molecule has 0 saturated carbocycles. The lowest BCUT2D eigenvalue weighted by Crippen LogP contribution is -2.43. The number of nitrogens with zero attached hydrogens (tertiary/aromatic N) is 2. The molecule has 16 heteroatoms. The van der Waals surface area contributed by atoms with Crippen molar-refractivity contribution in [2.75, 3.05) is 49.4 Å². The zero-order valence-electron chi connectivity index (χ0n) is 28.9. The van der Waals surface area contributed by atoms with Crippen LogP contribution >= 0.6 is 23.5 Å². The Morgan fingerprint density at radius 2 is 1.14 bits per heavy atom. The number of hydrogen-bond donors (Lipinski definition) is 4. The average molecular weight is 735 g/mol. The molecule has 2 saturated heterocycles. The second-order valence-corrected chi connectivity index (χ2v) is 16.5. The lowest BCUT2D eigenvalue weighted by molar-refractivity contribution is 0.0552. The lowest BCUT2D eigenvalue weighted by Gasteiger charge is -2.35. The van der Waals surface area contributed by atoms with Crippen molar-refractivity contribution >= 4 is 57.4 Å². The number of thioether (sulfide) groups is 2. The Morgan fingerprint density at radius 3 is 1.50 bits per heavy atom. The molecule has 0 radical (unpaired) electrons. The number of ether oxygens (including phenoxy) is 4. The Morgan fingerprint density at radius 1 is 0.760 bits per heavy atom. The van der Waals surface area contributed by atoms with Crippen molar-refractivity contribution in [1.82, 2.24) is 10.6 Å². The fourth-order valence-corrected chi connectivity index (χ4v) is 8.23. The average Bonchev–Trinajstić information content (AvgIpc) is 3.63. The van der Waals surface area contributed by atoms with Crippen LogP contribution in [0.25, 0.3) is 0 Å². The van der Waals surface area contributed by atoms with Gasteiger partial charge in [-0.1, -0.05) is 23.5 Å². The van der Waals surface area contributed by atoms with E-state index in [0.29, 0.717) is 57.6 Å². The molecule has 0 aliphatic carbocycles. The van der Waals surface area contributed by atoms with Crippen molar-refractivity contribution < 1.29 is 37.3 Å². The van der Waals surface area contributed by atoms with Gasteiger partial charge in [-0.3, -0.25) is 10.6 Å². The number of aliphatic imine (C=N–C) groups is 2. The molecule has 6 N–H and O–H groups in total. The molecule has 0 bridgehead atoms. The van der Waals surface area contributed by atoms with Gasteiger partial charge in [-0.25, -0.2) is 28.4 Å². The van der Waals surface area contributed by atoms with Crippen LogP contribution in [0.5, 0.6) is 0 Å². The van der Waals surface area contributed by atoms with Crippen molar-refractivity contribution in [3.05, 3.63) is 59.2 Å². The van der Waals surface area contributed by atoms with Crippen LogP contribution in [0.3, 0.4) is 0 Å². The first-order valence-corrected chi connectivity index (χ1v) is 18.1. The summed E-state index contributed by atoms with van der Waals surface area (Å²) in [5, 5.41) is 6.12. The molecule has 4 aliphatic rings. The maximum absolute atomic E-state index is 14.5. The van der Waals surface area contributed by atoms with E-state index < -0.39 is 34.5 Å². The zero-order chi connectivity index (χ0) is 36.5. The summed E-state index contributed by atoms with van der Waals surface area (Å²) in [4.78, 5) is 33.4. The largest absolute Gasteiger partial charge is 0.444 e. The smallest absolute Gasteiger partial charge is 0.413 e. The number of fused-ring (bicyclic) bond motifs is 2. The summed E-state index contributed by atoms with van der Waals surface area (Å²) in [5.41, 5.74) is 10.4. The Bertz CT molecular complexity index is 1560. The van der Waals surface area contributed by atoms with Gasteiger partial charge in [0.05, 0.1) is 26.4 Å². The van der Waals surface area contributed by atoms with E-state index in [1.54, 1.807) is 53.7 Å². The molecule has 6 rings (SSSR count). The number of hydrogen-bond acceptors (Lipinski definition) is 12. The molecule has 50 heavy (non-hydrogen) atoms. The van der Waals surface area contributed by atoms with E-state index in [2.05, 4.69) is 20.6 Å². The summed E-state index contributed by atoms with van der Waals surface area (Å²) in [6, 6.07) is 8.91. The van der Waals surface area contributed by atoms with Gasteiger partial charge >= 0.3 is 12.2 Å². The summed E-state index contributed by atoms with van der Waals surface area (Å²) in [5.74, 6) is 0.580. The number of amidine groups is 2. The molecule has 4 atom stereocenters. The number of rotatable bonds is 2. The minimum absolute atomic E-state index is 0.0120. The van der Waals surface area contributed by atoms with Gasteiger partial charge in [0, 0.05) is 45.8 Å². The minimum atomic E-state index is -0.880. The van der Waals surface area contributed by atoms with Gasteiger partial charge in [0.25, 0.3) is 0 Å². The minimum Gasteiger partial charge on any atom is -0.444 e. The van der Waals surface area contributed by atoms with Crippen LogP contribution in [0.1, 0.15) is 52.7 Å². The summed E-state index contributed by atoms with van der Waals surface area (Å²) in [7, 11) is 0. The molecular formula is C34H44F2N6O6S2. The number of nitrogens with one attached hydrogen (secondary N) is 2. The van der Waals surface area contributed by atoms with Crippen LogP contribution in [0.2, 0.25) is 0 Å². The SMILES string of the molecule is CC(C)(C)OC(=O)NC1=N[C@@]2(c3cc(N)ccc3F)COC[C@H]2CS1.CC(C)(C)OC(=O)NC1=N[C@@]2(c3cc(N)ccc3F)COC[C@H]2CS1. The van der Waals surface area contributed by atoms with Crippen molar-refractivity contribution in [3.8, 4) is 0 Å². The van der Waals surface area contributed by atoms with Crippen LogP contribution in [-0.4, -0.2) is 71.7 Å². The number of carbonyl (C=O) groups is 2. The van der Waals surface area contributed by atoms with Gasteiger partial charge in [-0.15, -0.1) is 0 Å². The number of nitrogens with two attached hydrogens (primary N) is 2. The van der Waals surface area contributed by atoms with Gasteiger partial charge in [-0.05, 0) is 77.9 Å². The molecule has 272 valence electrons. The quantitative estimate of drug-likeness (QED) is 0.278. The van der Waals surface area contributed by atoms with Gasteiger partial charge in [0.1, 0.15) is 33.9 Å². The molecule has 0 spiro atoms. The Hall–Kier alpha value is -3.60. The maximum atomic E-state index is 14.5. The molecule has 2 fully saturated rings. The molecule has 2 amide bonds. The number of nitrogen functional groups attached to an aromatic ring is 2. The standard InChI is InChI=1S/2C17H22FN3O3S/c2*1-16(2,3)24-15(22)20-14-21-17(9-23-7-10(17)8-25-14)12-6-11(19)4-5-13(12)18/h2*4-6,10H,7-9,19H2,1-3H3,(H,20,21,22)/t2*10-,17-/m00/s1. The van der Waals surface area contributed by atoms with Crippen molar-refractivity contribution in [2.45, 2.75) is 63.8 Å². The first-order valence-electron chi connectivity index (χ1n) is 16.1. The van der Waals surface area contributed by atoms with Crippen molar-refractivity contribution in [1.29, 1.82) is 0 Å². The number of halogens is 2. The Balaban J connectivity index is 0.000000194. The predicted molar refractivity (Wildman–Crippen MR) is 192 cm³/mol. The van der Waals surface area contributed by atoms with Gasteiger partial charge in [-0.2, -0.15) is 0 Å². The van der Waals surface area contributed by atoms with E-state index in [9.17, 15) is 18.4 Å². The molecule has 2 aromatic carbocycles. The van der Waals surface area contributed by atoms with Gasteiger partial charge < -0.3 is 30.4 Å². The number of anilines is 2. The highest BCUT2D eigenvalue weighted by Gasteiger charge is 2.51. The van der Waals surface area contributed by atoms with E-state index in [4.69, 9.17) is 30.4 Å².